The summed E-state index contributed by atoms with van der Waals surface area (Å²) in [7, 11) is 0. The maximum atomic E-state index is 12.4. The van der Waals surface area contributed by atoms with Crippen molar-refractivity contribution in [2.75, 3.05) is 0 Å². The van der Waals surface area contributed by atoms with Gasteiger partial charge in [-0.05, 0) is 25.5 Å². The number of aromatic amines is 1. The molecular weight excluding hydrogens is 310 g/mol. The van der Waals surface area contributed by atoms with Gasteiger partial charge >= 0.3 is 5.97 Å². The zero-order valence-electron chi connectivity index (χ0n) is 12.9. The molecule has 0 aromatic carbocycles. The molecule has 5 rings (SSSR count). The molecule has 1 aliphatic carbocycles. The van der Waals surface area contributed by atoms with Gasteiger partial charge < -0.3 is 14.5 Å². The van der Waals surface area contributed by atoms with Gasteiger partial charge in [0.1, 0.15) is 17.6 Å². The maximum Gasteiger partial charge on any atom is 0.357 e. The number of pyridine rings is 1. The Labute approximate surface area is 136 Å². The second-order valence-electron chi connectivity index (χ2n) is 6.59. The number of aromatic nitrogens is 3. The van der Waals surface area contributed by atoms with E-state index in [4.69, 9.17) is 9.47 Å². The van der Waals surface area contributed by atoms with Crippen molar-refractivity contribution in [3.8, 4) is 0 Å². The molecule has 0 radical (unpaired) electrons. The van der Waals surface area contributed by atoms with Crippen molar-refractivity contribution < 1.29 is 14.3 Å². The van der Waals surface area contributed by atoms with Crippen LogP contribution in [-0.4, -0.2) is 39.2 Å². The van der Waals surface area contributed by atoms with Gasteiger partial charge in [-0.15, -0.1) is 0 Å². The van der Waals surface area contributed by atoms with E-state index in [1.807, 2.05) is 6.08 Å². The zero-order chi connectivity index (χ0) is 16.4. The van der Waals surface area contributed by atoms with Crippen molar-refractivity contribution in [1.29, 1.82) is 0 Å². The quantitative estimate of drug-likeness (QED) is 0.657. The predicted molar refractivity (Wildman–Crippen MR) is 83.5 cm³/mol. The number of ether oxygens (including phenoxy) is 2. The number of fused-ring (bicyclic) bond motifs is 6. The Hall–Kier alpha value is -2.54. The molecule has 24 heavy (non-hydrogen) atoms. The van der Waals surface area contributed by atoms with E-state index in [0.717, 1.165) is 6.42 Å². The molecule has 2 aromatic rings. The summed E-state index contributed by atoms with van der Waals surface area (Å²) < 4.78 is 11.4. The highest BCUT2D eigenvalue weighted by Gasteiger charge is 2.58. The SMILES string of the molecule is Cc1nc2ccc(C(=O)O[C@@H]3C[C@@H]4[C@H]3[C@H]3C=C[C@@H]4O3)nc2c(=O)[nH]1. The molecule has 7 heteroatoms. The number of esters is 1. The van der Waals surface area contributed by atoms with E-state index >= 15 is 0 Å². The van der Waals surface area contributed by atoms with Crippen LogP contribution >= 0.6 is 0 Å². The average Bonchev–Trinajstić information content (AvgIpc) is 3.08. The molecule has 3 aliphatic rings. The van der Waals surface area contributed by atoms with Crippen molar-refractivity contribution in [1.82, 2.24) is 15.0 Å². The summed E-state index contributed by atoms with van der Waals surface area (Å²) in [6.07, 6.45) is 5.06. The van der Waals surface area contributed by atoms with E-state index in [1.54, 1.807) is 19.1 Å². The Balaban J connectivity index is 1.39. The summed E-state index contributed by atoms with van der Waals surface area (Å²) in [5.74, 6) is 0.705. The van der Waals surface area contributed by atoms with Crippen LogP contribution in [0.25, 0.3) is 11.0 Å². The molecule has 2 bridgehead atoms. The third kappa shape index (κ3) is 1.88. The first kappa shape index (κ1) is 13.9. The van der Waals surface area contributed by atoms with E-state index in [0.29, 0.717) is 17.3 Å². The number of H-pyrrole nitrogens is 1. The number of hydrogen-bond acceptors (Lipinski definition) is 6. The highest BCUT2D eigenvalue weighted by Crippen LogP contribution is 2.52. The minimum atomic E-state index is -0.507. The second-order valence-corrected chi connectivity index (χ2v) is 6.59. The number of aryl methyl sites for hydroxylation is 1. The molecule has 0 unspecified atom stereocenters. The largest absolute Gasteiger partial charge is 0.457 e. The van der Waals surface area contributed by atoms with Crippen LogP contribution in [0, 0.1) is 18.8 Å². The summed E-state index contributed by atoms with van der Waals surface area (Å²) >= 11 is 0. The molecule has 1 saturated heterocycles. The lowest BCUT2D eigenvalue weighted by Crippen LogP contribution is -2.48. The maximum absolute atomic E-state index is 12.4. The first-order chi connectivity index (χ1) is 11.6. The van der Waals surface area contributed by atoms with E-state index < -0.39 is 5.97 Å². The van der Waals surface area contributed by atoms with Crippen molar-refractivity contribution in [3.63, 3.8) is 0 Å². The van der Waals surface area contributed by atoms with Gasteiger partial charge in [0.15, 0.2) is 5.52 Å². The van der Waals surface area contributed by atoms with Crippen molar-refractivity contribution in [3.05, 3.63) is 46.2 Å². The van der Waals surface area contributed by atoms with Gasteiger partial charge in [0.2, 0.25) is 0 Å². The number of nitrogens with one attached hydrogen (secondary N) is 1. The number of carbonyl (C=O) groups excluding carboxylic acids is 1. The first-order valence-corrected chi connectivity index (χ1v) is 8.02. The molecule has 7 nitrogen and oxygen atoms in total. The summed E-state index contributed by atoms with van der Waals surface area (Å²) in [5.41, 5.74) is 0.375. The Morgan fingerprint density at radius 3 is 2.96 bits per heavy atom. The minimum absolute atomic E-state index is 0.0612. The molecule has 5 atom stereocenters. The van der Waals surface area contributed by atoms with Crippen LogP contribution in [-0.2, 0) is 9.47 Å². The van der Waals surface area contributed by atoms with E-state index in [9.17, 15) is 9.59 Å². The van der Waals surface area contributed by atoms with Crippen LogP contribution in [0.15, 0.2) is 29.1 Å². The molecule has 122 valence electrons. The van der Waals surface area contributed by atoms with Gasteiger partial charge in [-0.1, -0.05) is 12.2 Å². The third-order valence-electron chi connectivity index (χ3n) is 5.17. The second kappa shape index (κ2) is 4.73. The molecule has 2 fully saturated rings. The van der Waals surface area contributed by atoms with Crippen molar-refractivity contribution in [2.24, 2.45) is 11.8 Å². The van der Waals surface area contributed by atoms with E-state index in [1.165, 1.54) is 0 Å². The fourth-order valence-electron chi connectivity index (χ4n) is 4.00. The molecule has 0 amide bonds. The fraction of sp³-hybridized carbons (Fsp3) is 0.412. The molecule has 1 N–H and O–H groups in total. The summed E-state index contributed by atoms with van der Waals surface area (Å²) in [6.45, 7) is 1.70. The molecular formula is C17H15N3O4. The van der Waals surface area contributed by atoms with Gasteiger partial charge in [0.05, 0.1) is 17.7 Å². The van der Waals surface area contributed by atoms with Gasteiger partial charge in [-0.3, -0.25) is 4.79 Å². The fourth-order valence-corrected chi connectivity index (χ4v) is 4.00. The molecule has 2 aliphatic heterocycles. The van der Waals surface area contributed by atoms with Crippen LogP contribution in [0.2, 0.25) is 0 Å². The molecule has 1 saturated carbocycles. The number of nitrogens with zero attached hydrogens (tertiary/aromatic N) is 2. The zero-order valence-corrected chi connectivity index (χ0v) is 12.9. The topological polar surface area (TPSA) is 94.2 Å². The van der Waals surface area contributed by atoms with Gasteiger partial charge in [-0.25, -0.2) is 14.8 Å². The number of hydrogen-bond donors (Lipinski definition) is 1. The summed E-state index contributed by atoms with van der Waals surface area (Å²) in [4.78, 5) is 35.3. The Morgan fingerprint density at radius 2 is 2.12 bits per heavy atom. The lowest BCUT2D eigenvalue weighted by Gasteiger charge is -2.42. The highest BCUT2D eigenvalue weighted by molar-refractivity contribution is 5.90. The predicted octanol–water partition coefficient (Wildman–Crippen LogP) is 1.13. The van der Waals surface area contributed by atoms with Gasteiger partial charge in [0.25, 0.3) is 5.56 Å². The van der Waals surface area contributed by atoms with Gasteiger partial charge in [0, 0.05) is 11.8 Å². The Kier molecular flexibility index (Phi) is 2.73. The lowest BCUT2D eigenvalue weighted by atomic mass is 9.65. The number of carbonyl (C=O) groups is 1. The van der Waals surface area contributed by atoms with Crippen molar-refractivity contribution in [2.45, 2.75) is 31.7 Å². The average molecular weight is 325 g/mol. The van der Waals surface area contributed by atoms with Gasteiger partial charge in [-0.2, -0.15) is 0 Å². The molecule has 0 spiro atoms. The van der Waals surface area contributed by atoms with E-state index in [-0.39, 0.29) is 41.0 Å². The van der Waals surface area contributed by atoms with Crippen LogP contribution in [0.4, 0.5) is 0 Å². The lowest BCUT2D eigenvalue weighted by molar-refractivity contribution is -0.0498. The van der Waals surface area contributed by atoms with Crippen LogP contribution in [0.3, 0.4) is 0 Å². The minimum Gasteiger partial charge on any atom is -0.457 e. The Morgan fingerprint density at radius 1 is 1.29 bits per heavy atom. The Bertz CT molecular complexity index is 950. The molecule has 2 aromatic heterocycles. The molecule has 4 heterocycles. The first-order valence-electron chi connectivity index (χ1n) is 8.02. The standard InChI is InChI=1S/C17H15N3O4/c1-7-18-9-2-3-10(20-15(9)16(21)19-7)17(22)24-13-6-8-11-4-5-12(23-11)14(8)13/h2-5,8,11-14H,6H2,1H3,(H,18,19,21)/t8-,11-,12+,13+,14-/m0/s1. The van der Waals surface area contributed by atoms with Crippen LogP contribution in [0.5, 0.6) is 0 Å². The smallest absolute Gasteiger partial charge is 0.357 e. The van der Waals surface area contributed by atoms with Crippen molar-refractivity contribution >= 4 is 17.0 Å². The van der Waals surface area contributed by atoms with Crippen LogP contribution in [0.1, 0.15) is 22.7 Å². The summed E-state index contributed by atoms with van der Waals surface area (Å²) in [6, 6.07) is 3.16. The van der Waals surface area contributed by atoms with E-state index in [2.05, 4.69) is 21.0 Å². The third-order valence-corrected chi connectivity index (χ3v) is 5.17. The summed E-state index contributed by atoms with van der Waals surface area (Å²) in [5, 5.41) is 0. The highest BCUT2D eigenvalue weighted by atomic mass is 16.6. The normalized spacial score (nSPS) is 32.6. The monoisotopic (exact) mass is 325 g/mol. The number of rotatable bonds is 2. The van der Waals surface area contributed by atoms with Crippen LogP contribution < -0.4 is 5.56 Å².